The van der Waals surface area contributed by atoms with Gasteiger partial charge in [-0.1, -0.05) is 13.0 Å². The number of aliphatic hydroxyl groups excluding tert-OH is 1. The Morgan fingerprint density at radius 2 is 2.04 bits per heavy atom. The quantitative estimate of drug-likeness (QED) is 0.743. The highest BCUT2D eigenvalue weighted by Gasteiger charge is 2.54. The van der Waals surface area contributed by atoms with Crippen LogP contribution in [0.25, 0.3) is 0 Å². The summed E-state index contributed by atoms with van der Waals surface area (Å²) in [6.45, 7) is 2.60. The Hall–Kier alpha value is -1.11. The Balaban J connectivity index is 1.53. The lowest BCUT2D eigenvalue weighted by Crippen LogP contribution is -2.44. The Kier molecular flexibility index (Phi) is 3.35. The van der Waals surface area contributed by atoms with E-state index in [4.69, 9.17) is 4.18 Å². The molecule has 5 rings (SSSR count). The third-order valence-corrected chi connectivity index (χ3v) is 8.39. The van der Waals surface area contributed by atoms with Crippen molar-refractivity contribution in [2.24, 2.45) is 17.3 Å². The molecule has 2 saturated carbocycles. The second-order valence-corrected chi connectivity index (χ2v) is 9.93. The molecule has 2 N–H and O–H groups in total. The van der Waals surface area contributed by atoms with E-state index >= 15 is 0 Å². The lowest BCUT2D eigenvalue weighted by Gasteiger charge is -2.50. The molecule has 0 saturated heterocycles. The van der Waals surface area contributed by atoms with Gasteiger partial charge in [-0.2, -0.15) is 13.1 Å². The maximum absolute atomic E-state index is 11.6. The molecule has 0 radical (unpaired) electrons. The standard InChI is InChI=1S/C19H25NO4S/c1-19-7-6-13-14(16(19)4-5-18(19)21)3-2-11-9-17-12(8-15(11)13)10-20-25(22,23)24-17/h8-9,13-14,16,18,20-21H,2-7,10H2,1H3/t13?,14?,16?,18-,19?/m0/s1. The molecular formula is C19H25NO4S. The monoisotopic (exact) mass is 363 g/mol. The second kappa shape index (κ2) is 5.21. The van der Waals surface area contributed by atoms with Crippen molar-refractivity contribution in [2.45, 2.75) is 64.0 Å². The first-order valence-corrected chi connectivity index (χ1v) is 10.8. The first-order chi connectivity index (χ1) is 11.9. The zero-order valence-electron chi connectivity index (χ0n) is 14.5. The Morgan fingerprint density at radius 1 is 1.20 bits per heavy atom. The molecular weight excluding hydrogens is 338 g/mol. The SMILES string of the molecule is CC12CCC3c4cc5c(cc4CCC3C1CC[C@@H]2O)OS(=O)(=O)NC5. The Labute approximate surface area is 149 Å². The molecule has 1 heterocycles. The Morgan fingerprint density at radius 3 is 2.88 bits per heavy atom. The van der Waals surface area contributed by atoms with Gasteiger partial charge in [-0.3, -0.25) is 0 Å². The average Bonchev–Trinajstić information content (AvgIpc) is 2.87. The van der Waals surface area contributed by atoms with Crippen LogP contribution in [0.4, 0.5) is 0 Å². The fraction of sp³-hybridized carbons (Fsp3) is 0.684. The highest BCUT2D eigenvalue weighted by Crippen LogP contribution is 2.61. The van der Waals surface area contributed by atoms with E-state index in [9.17, 15) is 13.5 Å². The summed E-state index contributed by atoms with van der Waals surface area (Å²) >= 11 is 0. The van der Waals surface area contributed by atoms with Crippen molar-refractivity contribution in [2.75, 3.05) is 0 Å². The van der Waals surface area contributed by atoms with Gasteiger partial charge in [-0.15, -0.1) is 0 Å². The van der Waals surface area contributed by atoms with E-state index in [-0.39, 0.29) is 11.5 Å². The summed E-state index contributed by atoms with van der Waals surface area (Å²) in [6.07, 6.45) is 6.25. The molecule has 3 aliphatic carbocycles. The van der Waals surface area contributed by atoms with Crippen LogP contribution in [0.5, 0.6) is 5.75 Å². The van der Waals surface area contributed by atoms with Gasteiger partial charge in [0.15, 0.2) is 0 Å². The lowest BCUT2D eigenvalue weighted by molar-refractivity contribution is -0.0226. The molecule has 5 atom stereocenters. The zero-order valence-corrected chi connectivity index (χ0v) is 15.3. The van der Waals surface area contributed by atoms with E-state index in [0.29, 0.717) is 30.0 Å². The van der Waals surface area contributed by atoms with E-state index in [2.05, 4.69) is 17.7 Å². The third kappa shape index (κ3) is 2.30. The number of aliphatic hydroxyl groups is 1. The molecule has 0 bridgehead atoms. The summed E-state index contributed by atoms with van der Waals surface area (Å²) in [5.74, 6) is 2.28. The molecule has 4 unspecified atom stereocenters. The van der Waals surface area contributed by atoms with Crippen LogP contribution < -0.4 is 8.91 Å². The van der Waals surface area contributed by atoms with Gasteiger partial charge < -0.3 is 9.29 Å². The number of rotatable bonds is 0. The fourth-order valence-corrected chi connectivity index (χ4v) is 6.93. The fourth-order valence-electron chi connectivity index (χ4n) is 6.15. The highest BCUT2D eigenvalue weighted by atomic mass is 32.2. The summed E-state index contributed by atoms with van der Waals surface area (Å²) in [4.78, 5) is 0. The second-order valence-electron chi connectivity index (χ2n) is 8.57. The van der Waals surface area contributed by atoms with Gasteiger partial charge in [0.25, 0.3) is 0 Å². The Bertz CT molecular complexity index is 836. The van der Waals surface area contributed by atoms with Gasteiger partial charge in [0.2, 0.25) is 0 Å². The summed E-state index contributed by atoms with van der Waals surface area (Å²) in [5.41, 5.74) is 3.67. The van der Waals surface area contributed by atoms with E-state index in [1.807, 2.05) is 6.07 Å². The van der Waals surface area contributed by atoms with Crippen molar-refractivity contribution in [3.8, 4) is 5.75 Å². The molecule has 0 amide bonds. The predicted octanol–water partition coefficient (Wildman–Crippen LogP) is 2.63. The maximum atomic E-state index is 11.6. The number of hydrogen-bond donors (Lipinski definition) is 2. The molecule has 1 aromatic rings. The van der Waals surface area contributed by atoms with Crippen LogP contribution in [0.1, 0.15) is 61.6 Å². The number of benzene rings is 1. The van der Waals surface area contributed by atoms with Crippen molar-refractivity contribution in [3.05, 3.63) is 28.8 Å². The third-order valence-electron chi connectivity index (χ3n) is 7.49. The molecule has 0 spiro atoms. The first-order valence-electron chi connectivity index (χ1n) is 9.40. The number of fused-ring (bicyclic) bond motifs is 6. The molecule has 25 heavy (non-hydrogen) atoms. The van der Waals surface area contributed by atoms with E-state index in [0.717, 1.165) is 44.1 Å². The summed E-state index contributed by atoms with van der Waals surface area (Å²) in [5, 5.41) is 10.5. The van der Waals surface area contributed by atoms with Crippen LogP contribution in [0.2, 0.25) is 0 Å². The summed E-state index contributed by atoms with van der Waals surface area (Å²) in [7, 11) is -3.65. The summed E-state index contributed by atoms with van der Waals surface area (Å²) < 4.78 is 30.9. The van der Waals surface area contributed by atoms with E-state index in [1.165, 1.54) is 11.1 Å². The van der Waals surface area contributed by atoms with Crippen LogP contribution in [-0.2, 0) is 23.3 Å². The normalized spacial score (nSPS) is 41.0. The molecule has 4 aliphatic rings. The van der Waals surface area contributed by atoms with Gasteiger partial charge in [0.1, 0.15) is 5.75 Å². The molecule has 136 valence electrons. The van der Waals surface area contributed by atoms with Crippen molar-refractivity contribution in [1.82, 2.24) is 4.72 Å². The average molecular weight is 363 g/mol. The maximum Gasteiger partial charge on any atom is 0.382 e. The number of nitrogens with one attached hydrogen (secondary N) is 1. The van der Waals surface area contributed by atoms with Crippen molar-refractivity contribution >= 4 is 10.3 Å². The van der Waals surface area contributed by atoms with Crippen molar-refractivity contribution in [3.63, 3.8) is 0 Å². The molecule has 1 aliphatic heterocycles. The molecule has 0 aromatic heterocycles. The predicted molar refractivity (Wildman–Crippen MR) is 93.5 cm³/mol. The summed E-state index contributed by atoms with van der Waals surface area (Å²) in [6, 6.07) is 4.13. The lowest BCUT2D eigenvalue weighted by atomic mass is 9.55. The van der Waals surface area contributed by atoms with Gasteiger partial charge in [-0.05, 0) is 78.9 Å². The number of hydrogen-bond acceptors (Lipinski definition) is 4. The van der Waals surface area contributed by atoms with Gasteiger partial charge in [0.05, 0.1) is 6.10 Å². The minimum Gasteiger partial charge on any atom is -0.393 e. The van der Waals surface area contributed by atoms with Crippen LogP contribution in [-0.4, -0.2) is 19.6 Å². The topological polar surface area (TPSA) is 75.6 Å². The molecule has 5 nitrogen and oxygen atoms in total. The first kappa shape index (κ1) is 16.1. The molecule has 2 fully saturated rings. The van der Waals surface area contributed by atoms with Crippen LogP contribution >= 0.6 is 0 Å². The highest BCUT2D eigenvalue weighted by molar-refractivity contribution is 7.85. The number of aryl methyl sites for hydroxylation is 1. The van der Waals surface area contributed by atoms with Gasteiger partial charge >= 0.3 is 10.3 Å². The van der Waals surface area contributed by atoms with Gasteiger partial charge in [0, 0.05) is 12.1 Å². The van der Waals surface area contributed by atoms with Crippen LogP contribution in [0.3, 0.4) is 0 Å². The minimum absolute atomic E-state index is 0.0889. The smallest absolute Gasteiger partial charge is 0.382 e. The van der Waals surface area contributed by atoms with Crippen molar-refractivity contribution in [1.29, 1.82) is 0 Å². The molecule has 1 aromatic carbocycles. The molecule has 6 heteroatoms. The van der Waals surface area contributed by atoms with Crippen LogP contribution in [0, 0.1) is 17.3 Å². The minimum atomic E-state index is -3.65. The zero-order chi connectivity index (χ0) is 17.4. The van der Waals surface area contributed by atoms with E-state index in [1.54, 1.807) is 0 Å². The largest absolute Gasteiger partial charge is 0.393 e. The van der Waals surface area contributed by atoms with E-state index < -0.39 is 10.3 Å². The van der Waals surface area contributed by atoms with Gasteiger partial charge in [-0.25, -0.2) is 0 Å². The van der Waals surface area contributed by atoms with Crippen molar-refractivity contribution < 1.29 is 17.7 Å². The van der Waals surface area contributed by atoms with Crippen LogP contribution in [0.15, 0.2) is 12.1 Å².